The van der Waals surface area contributed by atoms with Crippen molar-refractivity contribution in [2.24, 2.45) is 0 Å². The highest BCUT2D eigenvalue weighted by atomic mass is 32.2. The summed E-state index contributed by atoms with van der Waals surface area (Å²) in [5, 5.41) is 11.6. The van der Waals surface area contributed by atoms with E-state index in [1.807, 2.05) is 11.8 Å². The Morgan fingerprint density at radius 3 is 2.82 bits per heavy atom. The minimum absolute atomic E-state index is 0.0574. The van der Waals surface area contributed by atoms with Gasteiger partial charge in [-0.3, -0.25) is 4.79 Å². The molecule has 1 aliphatic heterocycles. The molecule has 1 amide bonds. The molecular formula is C11H12N2O3S. The molecule has 1 atom stereocenters. The molecule has 0 aliphatic carbocycles. The number of aromatic carboxylic acids is 1. The summed E-state index contributed by atoms with van der Waals surface area (Å²) >= 11 is 1.82. The van der Waals surface area contributed by atoms with E-state index in [1.165, 1.54) is 18.3 Å². The first kappa shape index (κ1) is 11.9. The van der Waals surface area contributed by atoms with Gasteiger partial charge in [-0.15, -0.1) is 0 Å². The van der Waals surface area contributed by atoms with Gasteiger partial charge in [0.1, 0.15) is 5.69 Å². The zero-order valence-electron chi connectivity index (χ0n) is 9.05. The van der Waals surface area contributed by atoms with Gasteiger partial charge in [0.2, 0.25) is 0 Å². The molecule has 2 heterocycles. The highest BCUT2D eigenvalue weighted by Crippen LogP contribution is 2.17. The number of nitrogens with zero attached hydrogens (tertiary/aromatic N) is 1. The second kappa shape index (κ2) is 5.18. The maximum Gasteiger partial charge on any atom is 0.354 e. The summed E-state index contributed by atoms with van der Waals surface area (Å²) in [6, 6.07) is 3.03. The van der Waals surface area contributed by atoms with E-state index >= 15 is 0 Å². The van der Waals surface area contributed by atoms with Crippen molar-refractivity contribution in [3.8, 4) is 0 Å². The zero-order chi connectivity index (χ0) is 12.3. The standard InChI is InChI=1S/C11H12N2O3S/c14-10(13-8-3-4-17-6-8)7-1-2-9(11(15)16)12-5-7/h1-2,5,8H,3-4,6H2,(H,13,14)(H,15,16). The van der Waals surface area contributed by atoms with Crippen LogP contribution >= 0.6 is 11.8 Å². The molecule has 6 heteroatoms. The number of carboxylic acids is 1. The van der Waals surface area contributed by atoms with Crippen molar-refractivity contribution in [2.75, 3.05) is 11.5 Å². The number of hydrogen-bond donors (Lipinski definition) is 2. The SMILES string of the molecule is O=C(NC1CCSC1)c1ccc(C(=O)O)nc1. The first-order valence-corrected chi connectivity index (χ1v) is 6.40. The van der Waals surface area contributed by atoms with Crippen LogP contribution in [0.3, 0.4) is 0 Å². The number of carbonyl (C=O) groups excluding carboxylic acids is 1. The van der Waals surface area contributed by atoms with E-state index in [1.54, 1.807) is 0 Å². The van der Waals surface area contributed by atoms with E-state index in [2.05, 4.69) is 10.3 Å². The van der Waals surface area contributed by atoms with E-state index in [-0.39, 0.29) is 17.6 Å². The van der Waals surface area contributed by atoms with Gasteiger partial charge in [-0.25, -0.2) is 9.78 Å². The lowest BCUT2D eigenvalue weighted by Gasteiger charge is -2.10. The number of pyridine rings is 1. The quantitative estimate of drug-likeness (QED) is 0.839. The van der Waals surface area contributed by atoms with E-state index in [4.69, 9.17) is 5.11 Å². The molecule has 0 saturated carbocycles. The maximum absolute atomic E-state index is 11.8. The Bertz CT molecular complexity index is 427. The van der Waals surface area contributed by atoms with E-state index in [9.17, 15) is 9.59 Å². The average Bonchev–Trinajstić information content (AvgIpc) is 2.82. The van der Waals surface area contributed by atoms with Gasteiger partial charge in [0.25, 0.3) is 5.91 Å². The zero-order valence-corrected chi connectivity index (χ0v) is 9.87. The fraction of sp³-hybridized carbons (Fsp3) is 0.364. The van der Waals surface area contributed by atoms with Crippen molar-refractivity contribution >= 4 is 23.6 Å². The van der Waals surface area contributed by atoms with Gasteiger partial charge in [0.15, 0.2) is 0 Å². The third-order valence-electron chi connectivity index (χ3n) is 2.51. The highest BCUT2D eigenvalue weighted by Gasteiger charge is 2.18. The van der Waals surface area contributed by atoms with Gasteiger partial charge >= 0.3 is 5.97 Å². The number of carboxylic acid groups (broad SMARTS) is 1. The normalized spacial score (nSPS) is 18.9. The summed E-state index contributed by atoms with van der Waals surface area (Å²) < 4.78 is 0. The maximum atomic E-state index is 11.8. The summed E-state index contributed by atoms with van der Waals surface area (Å²) in [7, 11) is 0. The number of amides is 1. The Balaban J connectivity index is 2.01. The molecule has 1 unspecified atom stereocenters. The lowest BCUT2D eigenvalue weighted by molar-refractivity contribution is 0.0689. The Labute approximate surface area is 103 Å². The number of thioether (sulfide) groups is 1. The lowest BCUT2D eigenvalue weighted by atomic mass is 10.2. The molecule has 1 fully saturated rings. The molecule has 0 spiro atoms. The van der Waals surface area contributed by atoms with Crippen LogP contribution in [0.1, 0.15) is 27.3 Å². The van der Waals surface area contributed by atoms with Crippen LogP contribution in [0.4, 0.5) is 0 Å². The summed E-state index contributed by atoms with van der Waals surface area (Å²) in [5.74, 6) is 0.721. The predicted molar refractivity (Wildman–Crippen MR) is 64.4 cm³/mol. The topological polar surface area (TPSA) is 79.3 Å². The summed E-state index contributed by atoms with van der Waals surface area (Å²) in [4.78, 5) is 26.1. The van der Waals surface area contributed by atoms with Crippen molar-refractivity contribution in [3.63, 3.8) is 0 Å². The molecule has 1 aromatic rings. The van der Waals surface area contributed by atoms with Crippen LogP contribution in [0.15, 0.2) is 18.3 Å². The molecule has 1 aromatic heterocycles. The Hall–Kier alpha value is -1.56. The minimum Gasteiger partial charge on any atom is -0.477 e. The third-order valence-corrected chi connectivity index (χ3v) is 3.67. The lowest BCUT2D eigenvalue weighted by Crippen LogP contribution is -2.34. The smallest absolute Gasteiger partial charge is 0.354 e. The second-order valence-electron chi connectivity index (χ2n) is 3.77. The minimum atomic E-state index is -1.09. The van der Waals surface area contributed by atoms with Gasteiger partial charge in [-0.1, -0.05) is 0 Å². The molecule has 0 aromatic carbocycles. The van der Waals surface area contributed by atoms with Gasteiger partial charge in [-0.2, -0.15) is 11.8 Å². The molecule has 90 valence electrons. The van der Waals surface area contributed by atoms with Gasteiger partial charge in [0.05, 0.1) is 5.56 Å². The number of hydrogen-bond acceptors (Lipinski definition) is 4. The van der Waals surface area contributed by atoms with Crippen LogP contribution < -0.4 is 5.32 Å². The monoisotopic (exact) mass is 252 g/mol. The summed E-state index contributed by atoms with van der Waals surface area (Å²) in [6.45, 7) is 0. The number of rotatable bonds is 3. The van der Waals surface area contributed by atoms with Crippen LogP contribution in [0.2, 0.25) is 0 Å². The van der Waals surface area contributed by atoms with E-state index in [0.29, 0.717) is 5.56 Å². The van der Waals surface area contributed by atoms with E-state index in [0.717, 1.165) is 17.9 Å². The predicted octanol–water partition coefficient (Wildman–Crippen LogP) is 1.02. The third kappa shape index (κ3) is 2.97. The van der Waals surface area contributed by atoms with Crippen molar-refractivity contribution in [3.05, 3.63) is 29.6 Å². The Morgan fingerprint density at radius 1 is 1.47 bits per heavy atom. The van der Waals surface area contributed by atoms with Gasteiger partial charge in [-0.05, 0) is 24.3 Å². The van der Waals surface area contributed by atoms with Gasteiger partial charge < -0.3 is 10.4 Å². The van der Waals surface area contributed by atoms with E-state index < -0.39 is 5.97 Å². The largest absolute Gasteiger partial charge is 0.477 e. The first-order valence-electron chi connectivity index (χ1n) is 5.25. The molecule has 1 saturated heterocycles. The van der Waals surface area contributed by atoms with Crippen LogP contribution in [0.25, 0.3) is 0 Å². The van der Waals surface area contributed by atoms with Gasteiger partial charge in [0, 0.05) is 18.0 Å². The van der Waals surface area contributed by atoms with Crippen molar-refractivity contribution < 1.29 is 14.7 Å². The fourth-order valence-electron chi connectivity index (χ4n) is 1.57. The second-order valence-corrected chi connectivity index (χ2v) is 4.92. The molecule has 0 bridgehead atoms. The Kier molecular flexibility index (Phi) is 3.63. The van der Waals surface area contributed by atoms with Crippen LogP contribution in [0, 0.1) is 0 Å². The molecule has 0 radical (unpaired) electrons. The summed E-state index contributed by atoms with van der Waals surface area (Å²) in [6.07, 6.45) is 2.28. The van der Waals surface area contributed by atoms with Crippen LogP contribution in [-0.2, 0) is 0 Å². The average molecular weight is 252 g/mol. The number of aromatic nitrogens is 1. The van der Waals surface area contributed by atoms with Crippen molar-refractivity contribution in [1.29, 1.82) is 0 Å². The molecule has 2 N–H and O–H groups in total. The van der Waals surface area contributed by atoms with Crippen molar-refractivity contribution in [1.82, 2.24) is 10.3 Å². The van der Waals surface area contributed by atoms with Crippen LogP contribution in [-0.4, -0.2) is 39.5 Å². The number of carbonyl (C=O) groups is 2. The Morgan fingerprint density at radius 2 is 2.29 bits per heavy atom. The number of nitrogens with one attached hydrogen (secondary N) is 1. The molecule has 5 nitrogen and oxygen atoms in total. The first-order chi connectivity index (χ1) is 8.16. The summed E-state index contributed by atoms with van der Waals surface area (Å²) in [5.41, 5.74) is 0.338. The molecule has 2 rings (SSSR count). The molecule has 1 aliphatic rings. The van der Waals surface area contributed by atoms with Crippen molar-refractivity contribution in [2.45, 2.75) is 12.5 Å². The van der Waals surface area contributed by atoms with Crippen LogP contribution in [0.5, 0.6) is 0 Å². The molecular weight excluding hydrogens is 240 g/mol. The highest BCUT2D eigenvalue weighted by molar-refractivity contribution is 7.99. The fourth-order valence-corrected chi connectivity index (χ4v) is 2.72. The molecule has 17 heavy (non-hydrogen) atoms.